The lowest BCUT2D eigenvalue weighted by molar-refractivity contribution is -0.116. The average molecular weight is 541 g/mol. The number of aryl methyl sites for hydroxylation is 2. The highest BCUT2D eigenvalue weighted by molar-refractivity contribution is 14.1. The van der Waals surface area contributed by atoms with Gasteiger partial charge in [0.2, 0.25) is 5.91 Å². The molecule has 1 aliphatic carbocycles. The van der Waals surface area contributed by atoms with Crippen LogP contribution >= 0.6 is 33.9 Å². The summed E-state index contributed by atoms with van der Waals surface area (Å²) >= 11 is 3.85. The number of benzene rings is 2. The minimum absolute atomic E-state index is 0.0807. The molecule has 7 heteroatoms. The molecule has 31 heavy (non-hydrogen) atoms. The predicted octanol–water partition coefficient (Wildman–Crippen LogP) is 5.25. The third-order valence-corrected chi connectivity index (χ3v) is 7.44. The summed E-state index contributed by atoms with van der Waals surface area (Å²) in [6.07, 6.45) is 4.15. The molecule has 1 amide bonds. The summed E-state index contributed by atoms with van der Waals surface area (Å²) in [5.74, 6) is 0.292. The molecular weight excluding hydrogens is 521 g/mol. The molecule has 0 atom stereocenters. The zero-order valence-electron chi connectivity index (χ0n) is 16.7. The highest BCUT2D eigenvalue weighted by Crippen LogP contribution is 2.34. The molecule has 0 bridgehead atoms. The van der Waals surface area contributed by atoms with Crippen molar-refractivity contribution in [3.63, 3.8) is 0 Å². The maximum absolute atomic E-state index is 13.6. The standard InChI is InChI=1S/C24H20IN3O2S/c25-16-10-12-17(13-11-16)26-20(29)14-28-22(15-6-2-1-3-7-15)27-23-21(24(28)30)18-8-4-5-9-19(18)31-23/h1-3,6-7,10-13H,4-5,8-9,14H2,(H,26,29). The second-order valence-corrected chi connectivity index (χ2v) is 9.97. The molecule has 2 aromatic carbocycles. The van der Waals surface area contributed by atoms with Gasteiger partial charge in [-0.15, -0.1) is 11.3 Å². The maximum Gasteiger partial charge on any atom is 0.263 e. The second-order valence-electron chi connectivity index (χ2n) is 7.64. The molecule has 4 aromatic rings. The Morgan fingerprint density at radius 3 is 2.58 bits per heavy atom. The van der Waals surface area contributed by atoms with Crippen molar-refractivity contribution in [2.45, 2.75) is 32.2 Å². The monoisotopic (exact) mass is 541 g/mol. The number of carbonyl (C=O) groups excluding carboxylic acids is 1. The van der Waals surface area contributed by atoms with E-state index in [4.69, 9.17) is 4.98 Å². The van der Waals surface area contributed by atoms with E-state index in [9.17, 15) is 9.59 Å². The summed E-state index contributed by atoms with van der Waals surface area (Å²) in [6, 6.07) is 17.2. The van der Waals surface area contributed by atoms with E-state index in [1.165, 1.54) is 9.44 Å². The number of fused-ring (bicyclic) bond motifs is 3. The molecule has 0 radical (unpaired) electrons. The summed E-state index contributed by atoms with van der Waals surface area (Å²) in [5, 5.41) is 3.60. The summed E-state index contributed by atoms with van der Waals surface area (Å²) in [6.45, 7) is -0.0807. The fourth-order valence-corrected chi connectivity index (χ4v) is 5.68. The Balaban J connectivity index is 1.60. The molecule has 2 heterocycles. The van der Waals surface area contributed by atoms with Gasteiger partial charge in [0.1, 0.15) is 17.2 Å². The van der Waals surface area contributed by atoms with Gasteiger partial charge < -0.3 is 5.32 Å². The van der Waals surface area contributed by atoms with Crippen molar-refractivity contribution in [2.24, 2.45) is 0 Å². The largest absolute Gasteiger partial charge is 0.325 e. The van der Waals surface area contributed by atoms with Crippen LogP contribution in [0.25, 0.3) is 21.6 Å². The fraction of sp³-hybridized carbons (Fsp3) is 0.208. The first-order valence-corrected chi connectivity index (χ1v) is 12.2. The first-order valence-electron chi connectivity index (χ1n) is 10.3. The number of halogens is 1. The number of thiophene rings is 1. The van der Waals surface area contributed by atoms with Crippen molar-refractivity contribution in [3.8, 4) is 11.4 Å². The topological polar surface area (TPSA) is 64.0 Å². The lowest BCUT2D eigenvalue weighted by Crippen LogP contribution is -2.30. The predicted molar refractivity (Wildman–Crippen MR) is 134 cm³/mol. The van der Waals surface area contributed by atoms with Crippen molar-refractivity contribution in [1.82, 2.24) is 9.55 Å². The van der Waals surface area contributed by atoms with Gasteiger partial charge in [0.05, 0.1) is 5.39 Å². The van der Waals surface area contributed by atoms with Gasteiger partial charge in [-0.1, -0.05) is 30.3 Å². The van der Waals surface area contributed by atoms with E-state index in [0.717, 1.165) is 45.2 Å². The molecule has 1 N–H and O–H groups in total. The van der Waals surface area contributed by atoms with Crippen LogP contribution in [-0.4, -0.2) is 15.5 Å². The number of hydrogen-bond acceptors (Lipinski definition) is 4. The lowest BCUT2D eigenvalue weighted by atomic mass is 9.97. The molecule has 156 valence electrons. The zero-order valence-corrected chi connectivity index (χ0v) is 19.7. The molecular formula is C24H20IN3O2S. The molecule has 5 nitrogen and oxygen atoms in total. The van der Waals surface area contributed by atoms with Gasteiger partial charge in [-0.2, -0.15) is 0 Å². The summed E-state index contributed by atoms with van der Waals surface area (Å²) < 4.78 is 2.62. The van der Waals surface area contributed by atoms with Crippen LogP contribution in [0.5, 0.6) is 0 Å². The van der Waals surface area contributed by atoms with Crippen molar-refractivity contribution < 1.29 is 4.79 Å². The Hall–Kier alpha value is -2.52. The number of nitrogens with zero attached hydrogens (tertiary/aromatic N) is 2. The third kappa shape index (κ3) is 4.04. The number of anilines is 1. The molecule has 0 unspecified atom stereocenters. The average Bonchev–Trinajstić information content (AvgIpc) is 3.16. The van der Waals surface area contributed by atoms with Gasteiger partial charge in [-0.05, 0) is 78.1 Å². The normalized spacial score (nSPS) is 13.2. The molecule has 0 saturated heterocycles. The number of nitrogens with one attached hydrogen (secondary N) is 1. The van der Waals surface area contributed by atoms with Gasteiger partial charge in [0.15, 0.2) is 0 Å². The second kappa shape index (κ2) is 8.55. The van der Waals surface area contributed by atoms with E-state index >= 15 is 0 Å². The highest BCUT2D eigenvalue weighted by Gasteiger charge is 2.23. The van der Waals surface area contributed by atoms with E-state index in [-0.39, 0.29) is 18.0 Å². The maximum atomic E-state index is 13.6. The minimum Gasteiger partial charge on any atom is -0.325 e. The molecule has 0 fully saturated rings. The van der Waals surface area contributed by atoms with Crippen LogP contribution in [0.3, 0.4) is 0 Å². The zero-order chi connectivity index (χ0) is 21.4. The van der Waals surface area contributed by atoms with Crippen molar-refractivity contribution in [1.29, 1.82) is 0 Å². The third-order valence-electron chi connectivity index (χ3n) is 5.54. The van der Waals surface area contributed by atoms with Crippen LogP contribution in [0, 0.1) is 3.57 Å². The summed E-state index contributed by atoms with van der Waals surface area (Å²) in [4.78, 5) is 33.4. The SMILES string of the molecule is O=C(Cn1c(-c2ccccc2)nc2sc3c(c2c1=O)CCCC3)Nc1ccc(I)cc1. The number of amides is 1. The van der Waals surface area contributed by atoms with E-state index in [1.807, 2.05) is 54.6 Å². The Morgan fingerprint density at radius 2 is 1.81 bits per heavy atom. The van der Waals surface area contributed by atoms with Gasteiger partial charge in [-0.25, -0.2) is 4.98 Å². The minimum atomic E-state index is -0.245. The molecule has 0 saturated carbocycles. The van der Waals surface area contributed by atoms with Gasteiger partial charge in [0, 0.05) is 19.7 Å². The number of carbonyl (C=O) groups is 1. The van der Waals surface area contributed by atoms with E-state index < -0.39 is 0 Å². The quantitative estimate of drug-likeness (QED) is 0.359. The molecule has 0 spiro atoms. The molecule has 0 aliphatic heterocycles. The highest BCUT2D eigenvalue weighted by atomic mass is 127. The Morgan fingerprint density at radius 1 is 1.06 bits per heavy atom. The van der Waals surface area contributed by atoms with Crippen LogP contribution in [0.2, 0.25) is 0 Å². The van der Waals surface area contributed by atoms with Crippen LogP contribution in [-0.2, 0) is 24.2 Å². The first-order chi connectivity index (χ1) is 15.1. The van der Waals surface area contributed by atoms with Crippen molar-refractivity contribution in [3.05, 3.63) is 79.0 Å². The molecule has 2 aromatic heterocycles. The number of hydrogen-bond donors (Lipinski definition) is 1. The molecule has 5 rings (SSSR count). The van der Waals surface area contributed by atoms with Gasteiger partial charge >= 0.3 is 0 Å². The number of rotatable bonds is 4. The first kappa shape index (κ1) is 20.4. The van der Waals surface area contributed by atoms with Crippen molar-refractivity contribution >= 4 is 55.7 Å². The Kier molecular flexibility index (Phi) is 5.62. The Bertz CT molecular complexity index is 1330. The lowest BCUT2D eigenvalue weighted by Gasteiger charge is -2.14. The van der Waals surface area contributed by atoms with Gasteiger partial charge in [-0.3, -0.25) is 14.2 Å². The van der Waals surface area contributed by atoms with Gasteiger partial charge in [0.25, 0.3) is 5.56 Å². The van der Waals surface area contributed by atoms with E-state index in [1.54, 1.807) is 11.3 Å². The van der Waals surface area contributed by atoms with Crippen LogP contribution in [0.1, 0.15) is 23.3 Å². The summed E-state index contributed by atoms with van der Waals surface area (Å²) in [7, 11) is 0. The van der Waals surface area contributed by atoms with Crippen LogP contribution in [0.15, 0.2) is 59.4 Å². The number of aromatic nitrogens is 2. The van der Waals surface area contributed by atoms with Crippen LogP contribution < -0.4 is 10.9 Å². The fourth-order valence-electron chi connectivity index (χ4n) is 4.07. The Labute approximate surface area is 197 Å². The van der Waals surface area contributed by atoms with Crippen molar-refractivity contribution in [2.75, 3.05) is 5.32 Å². The van der Waals surface area contributed by atoms with E-state index in [0.29, 0.717) is 16.9 Å². The summed E-state index contributed by atoms with van der Waals surface area (Å²) in [5.41, 5.74) is 2.55. The molecule has 1 aliphatic rings. The smallest absolute Gasteiger partial charge is 0.263 e. The van der Waals surface area contributed by atoms with E-state index in [2.05, 4.69) is 27.9 Å². The van der Waals surface area contributed by atoms with Crippen LogP contribution in [0.4, 0.5) is 5.69 Å².